The second-order valence-corrected chi connectivity index (χ2v) is 2.83. The Morgan fingerprint density at radius 1 is 1.46 bits per heavy atom. The number of amides is 2. The smallest absolute Gasteiger partial charge is 0.317 e. The number of rotatable bonds is 5. The Morgan fingerprint density at radius 3 is 2.54 bits per heavy atom. The van der Waals surface area contributed by atoms with Crippen molar-refractivity contribution in [3.63, 3.8) is 0 Å². The molecule has 0 saturated carbocycles. The van der Waals surface area contributed by atoms with Crippen molar-refractivity contribution in [2.24, 2.45) is 0 Å². The van der Waals surface area contributed by atoms with Crippen molar-refractivity contribution in [1.29, 1.82) is 0 Å². The van der Waals surface area contributed by atoms with Crippen LogP contribution in [0, 0.1) is 0 Å². The van der Waals surface area contributed by atoms with E-state index < -0.39 is 0 Å². The third-order valence-corrected chi connectivity index (χ3v) is 1.54. The number of nitrogens with one attached hydrogen (secondary N) is 1. The minimum atomic E-state index is -0.268. The first kappa shape index (κ1) is 11.9. The number of urea groups is 1. The molecule has 0 aromatic heterocycles. The molecular formula is C8H16N2O3. The third-order valence-electron chi connectivity index (χ3n) is 1.54. The number of aliphatic hydroxyl groups is 1. The maximum Gasteiger partial charge on any atom is 0.317 e. The number of carbonyl (C=O) groups excluding carboxylic acids is 2. The lowest BCUT2D eigenvalue weighted by Crippen LogP contribution is -2.39. The van der Waals surface area contributed by atoms with Gasteiger partial charge in [-0.1, -0.05) is 0 Å². The standard InChI is InChI=1S/C8H16N2O3/c1-7(12)3-4-9-8(13)10(2)5-6-11/h11H,3-6H2,1-2H3,(H,9,13). The van der Waals surface area contributed by atoms with E-state index in [2.05, 4.69) is 5.32 Å². The normalized spacial score (nSPS) is 9.46. The first-order chi connectivity index (χ1) is 6.07. The summed E-state index contributed by atoms with van der Waals surface area (Å²) in [5.74, 6) is 0.0464. The Morgan fingerprint density at radius 2 is 2.08 bits per heavy atom. The van der Waals surface area contributed by atoms with Crippen molar-refractivity contribution in [2.45, 2.75) is 13.3 Å². The topological polar surface area (TPSA) is 69.6 Å². The lowest BCUT2D eigenvalue weighted by Gasteiger charge is -2.15. The highest BCUT2D eigenvalue weighted by atomic mass is 16.3. The van der Waals surface area contributed by atoms with Gasteiger partial charge in [-0.2, -0.15) is 0 Å². The molecule has 0 bridgehead atoms. The van der Waals surface area contributed by atoms with E-state index >= 15 is 0 Å². The van der Waals surface area contributed by atoms with Crippen LogP contribution in [0.4, 0.5) is 4.79 Å². The van der Waals surface area contributed by atoms with Gasteiger partial charge in [-0.3, -0.25) is 4.79 Å². The van der Waals surface area contributed by atoms with Gasteiger partial charge in [-0.25, -0.2) is 4.79 Å². The van der Waals surface area contributed by atoms with Crippen molar-refractivity contribution >= 4 is 11.8 Å². The summed E-state index contributed by atoms with van der Waals surface area (Å²) >= 11 is 0. The molecule has 0 aromatic carbocycles. The van der Waals surface area contributed by atoms with Crippen LogP contribution in [-0.4, -0.2) is 48.6 Å². The van der Waals surface area contributed by atoms with Crippen molar-refractivity contribution in [3.8, 4) is 0 Å². The Labute approximate surface area is 77.7 Å². The molecule has 2 amide bonds. The summed E-state index contributed by atoms with van der Waals surface area (Å²) in [5, 5.41) is 11.1. The Kier molecular flexibility index (Phi) is 5.88. The van der Waals surface area contributed by atoms with Crippen LogP contribution in [0.25, 0.3) is 0 Å². The van der Waals surface area contributed by atoms with Gasteiger partial charge in [-0.15, -0.1) is 0 Å². The molecule has 5 heteroatoms. The van der Waals surface area contributed by atoms with Crippen LogP contribution in [0.2, 0.25) is 0 Å². The molecule has 2 N–H and O–H groups in total. The van der Waals surface area contributed by atoms with Crippen molar-refractivity contribution in [3.05, 3.63) is 0 Å². The van der Waals surface area contributed by atoms with Crippen LogP contribution in [0.1, 0.15) is 13.3 Å². The molecular weight excluding hydrogens is 172 g/mol. The molecule has 0 aliphatic heterocycles. The fourth-order valence-corrected chi connectivity index (χ4v) is 0.732. The van der Waals surface area contributed by atoms with E-state index in [0.29, 0.717) is 19.5 Å². The molecule has 0 fully saturated rings. The van der Waals surface area contributed by atoms with Gasteiger partial charge in [0.05, 0.1) is 6.61 Å². The van der Waals surface area contributed by atoms with Crippen LogP contribution >= 0.6 is 0 Å². The molecule has 0 aliphatic rings. The fraction of sp³-hybridized carbons (Fsp3) is 0.750. The number of Topliss-reactive ketones (excluding diaryl/α,β-unsaturated/α-hetero) is 1. The first-order valence-electron chi connectivity index (χ1n) is 4.17. The van der Waals surface area contributed by atoms with E-state index in [9.17, 15) is 9.59 Å². The van der Waals surface area contributed by atoms with E-state index in [1.807, 2.05) is 0 Å². The van der Waals surface area contributed by atoms with Crippen LogP contribution in [0.3, 0.4) is 0 Å². The van der Waals surface area contributed by atoms with Gasteiger partial charge in [0, 0.05) is 26.6 Å². The number of nitrogens with zero attached hydrogens (tertiary/aromatic N) is 1. The zero-order chi connectivity index (χ0) is 10.3. The summed E-state index contributed by atoms with van der Waals surface area (Å²) in [6.07, 6.45) is 0.346. The van der Waals surface area contributed by atoms with Crippen molar-refractivity contribution in [2.75, 3.05) is 26.7 Å². The van der Waals surface area contributed by atoms with E-state index in [1.165, 1.54) is 11.8 Å². The molecule has 76 valence electrons. The number of ketones is 1. The monoisotopic (exact) mass is 188 g/mol. The quantitative estimate of drug-likeness (QED) is 0.616. The predicted molar refractivity (Wildman–Crippen MR) is 48.4 cm³/mol. The van der Waals surface area contributed by atoms with Gasteiger partial charge in [0.2, 0.25) is 0 Å². The van der Waals surface area contributed by atoms with Gasteiger partial charge >= 0.3 is 6.03 Å². The van der Waals surface area contributed by atoms with Crippen LogP contribution in [-0.2, 0) is 4.79 Å². The molecule has 0 atom stereocenters. The van der Waals surface area contributed by atoms with Gasteiger partial charge in [0.15, 0.2) is 0 Å². The minimum absolute atomic E-state index is 0.0464. The van der Waals surface area contributed by atoms with E-state index in [0.717, 1.165) is 0 Å². The maximum atomic E-state index is 11.1. The molecule has 0 aromatic rings. The van der Waals surface area contributed by atoms with Crippen molar-refractivity contribution < 1.29 is 14.7 Å². The highest BCUT2D eigenvalue weighted by molar-refractivity contribution is 5.77. The predicted octanol–water partition coefficient (Wildman–Crippen LogP) is -0.401. The van der Waals surface area contributed by atoms with Gasteiger partial charge in [0.1, 0.15) is 5.78 Å². The number of hydrogen-bond acceptors (Lipinski definition) is 3. The highest BCUT2D eigenvalue weighted by Crippen LogP contribution is 1.84. The highest BCUT2D eigenvalue weighted by Gasteiger charge is 2.06. The number of carbonyl (C=O) groups is 2. The average molecular weight is 188 g/mol. The number of likely N-dealkylation sites (N-methyl/N-ethyl adjacent to an activating group) is 1. The fourth-order valence-electron chi connectivity index (χ4n) is 0.732. The Bertz CT molecular complexity index is 182. The van der Waals surface area contributed by atoms with Crippen LogP contribution in [0.15, 0.2) is 0 Å². The lowest BCUT2D eigenvalue weighted by atomic mass is 10.3. The van der Waals surface area contributed by atoms with Crippen LogP contribution < -0.4 is 5.32 Å². The summed E-state index contributed by atoms with van der Waals surface area (Å²) in [5.41, 5.74) is 0. The van der Waals surface area contributed by atoms with E-state index in [1.54, 1.807) is 7.05 Å². The summed E-state index contributed by atoms with van der Waals surface area (Å²) in [7, 11) is 1.58. The van der Waals surface area contributed by atoms with Gasteiger partial charge in [0.25, 0.3) is 0 Å². The summed E-state index contributed by atoms with van der Waals surface area (Å²) in [6, 6.07) is -0.268. The molecule has 0 radical (unpaired) electrons. The average Bonchev–Trinajstić information content (AvgIpc) is 2.04. The summed E-state index contributed by atoms with van der Waals surface area (Å²) < 4.78 is 0. The summed E-state index contributed by atoms with van der Waals surface area (Å²) in [4.78, 5) is 23.0. The largest absolute Gasteiger partial charge is 0.395 e. The number of aliphatic hydroxyl groups excluding tert-OH is 1. The minimum Gasteiger partial charge on any atom is -0.395 e. The maximum absolute atomic E-state index is 11.1. The second kappa shape index (κ2) is 6.42. The molecule has 0 heterocycles. The zero-order valence-electron chi connectivity index (χ0n) is 8.04. The van der Waals surface area contributed by atoms with Gasteiger partial charge < -0.3 is 15.3 Å². The third kappa shape index (κ3) is 6.10. The Hall–Kier alpha value is -1.10. The lowest BCUT2D eigenvalue weighted by molar-refractivity contribution is -0.116. The van der Waals surface area contributed by atoms with Crippen molar-refractivity contribution in [1.82, 2.24) is 10.2 Å². The van der Waals surface area contributed by atoms with E-state index in [4.69, 9.17) is 5.11 Å². The SMILES string of the molecule is CC(=O)CCNC(=O)N(C)CCO. The first-order valence-corrected chi connectivity index (χ1v) is 4.17. The molecule has 13 heavy (non-hydrogen) atoms. The van der Waals surface area contributed by atoms with E-state index in [-0.39, 0.29) is 18.4 Å². The molecule has 0 rings (SSSR count). The van der Waals surface area contributed by atoms with Gasteiger partial charge in [-0.05, 0) is 6.92 Å². The Balaban J connectivity index is 3.55. The molecule has 0 spiro atoms. The molecule has 5 nitrogen and oxygen atoms in total. The molecule has 0 unspecified atom stereocenters. The summed E-state index contributed by atoms with van der Waals surface area (Å²) in [6.45, 7) is 2.07. The number of hydrogen-bond donors (Lipinski definition) is 2. The zero-order valence-corrected chi connectivity index (χ0v) is 8.04. The molecule has 0 aliphatic carbocycles. The second-order valence-electron chi connectivity index (χ2n) is 2.83. The molecule has 0 saturated heterocycles. The van der Waals surface area contributed by atoms with Crippen LogP contribution in [0.5, 0.6) is 0 Å².